The number of nitrogens with zero attached hydrogens (tertiary/aromatic N) is 1. The maximum Gasteiger partial charge on any atom is 0.234 e. The summed E-state index contributed by atoms with van der Waals surface area (Å²) in [5, 5.41) is 11.8. The van der Waals surface area contributed by atoms with E-state index in [-0.39, 0.29) is 12.7 Å². The first-order valence-electron chi connectivity index (χ1n) is 7.22. The van der Waals surface area contributed by atoms with Gasteiger partial charge in [0.15, 0.2) is 11.5 Å². The van der Waals surface area contributed by atoms with Crippen molar-refractivity contribution in [1.82, 2.24) is 0 Å². The molecule has 3 rings (SSSR count). The molecule has 0 aromatic heterocycles. The first kappa shape index (κ1) is 14.9. The quantitative estimate of drug-likeness (QED) is 0.945. The van der Waals surface area contributed by atoms with Gasteiger partial charge in [0.05, 0.1) is 17.0 Å². The number of hydrogen-bond acceptors (Lipinski definition) is 4. The van der Waals surface area contributed by atoms with E-state index in [1.54, 1.807) is 24.3 Å². The van der Waals surface area contributed by atoms with Gasteiger partial charge in [0.1, 0.15) is 0 Å². The van der Waals surface area contributed by atoms with Crippen molar-refractivity contribution in [3.63, 3.8) is 0 Å². The summed E-state index contributed by atoms with van der Waals surface area (Å²) in [7, 11) is 0. The maximum atomic E-state index is 12.7. The number of nitrogens with one attached hydrogen (secondary N) is 1. The van der Waals surface area contributed by atoms with E-state index in [0.717, 1.165) is 5.56 Å². The first-order valence-corrected chi connectivity index (χ1v) is 7.22. The predicted octanol–water partition coefficient (Wildman–Crippen LogP) is 3.20. The molecule has 1 N–H and O–H groups in total. The summed E-state index contributed by atoms with van der Waals surface area (Å²) in [5.74, 6) is 1.17. The van der Waals surface area contributed by atoms with Crippen molar-refractivity contribution in [2.24, 2.45) is 0 Å². The Bertz CT molecular complexity index is 806. The van der Waals surface area contributed by atoms with Gasteiger partial charge in [0.25, 0.3) is 0 Å². The number of amides is 1. The van der Waals surface area contributed by atoms with Crippen LogP contribution in [0.4, 0.5) is 5.69 Å². The molecule has 2 aromatic carbocycles. The summed E-state index contributed by atoms with van der Waals surface area (Å²) >= 11 is 0. The lowest BCUT2D eigenvalue weighted by Crippen LogP contribution is -2.34. The molecule has 5 heteroatoms. The Morgan fingerprint density at radius 1 is 1.17 bits per heavy atom. The molecule has 0 aliphatic carbocycles. The van der Waals surface area contributed by atoms with E-state index in [1.165, 1.54) is 0 Å². The molecule has 116 valence electrons. The lowest BCUT2D eigenvalue weighted by Gasteiger charge is -2.24. The van der Waals surface area contributed by atoms with E-state index in [1.807, 2.05) is 32.0 Å². The second-order valence-corrected chi connectivity index (χ2v) is 5.84. The highest BCUT2D eigenvalue weighted by molar-refractivity contribution is 5.98. The fourth-order valence-electron chi connectivity index (χ4n) is 2.37. The second-order valence-electron chi connectivity index (χ2n) is 5.84. The number of ether oxygens (including phenoxy) is 2. The Labute approximate surface area is 134 Å². The van der Waals surface area contributed by atoms with E-state index in [2.05, 4.69) is 11.4 Å². The lowest BCUT2D eigenvalue weighted by atomic mass is 9.83. The molecule has 0 atom stereocenters. The number of hydrogen-bond donors (Lipinski definition) is 1. The highest BCUT2D eigenvalue weighted by Crippen LogP contribution is 2.36. The average Bonchev–Trinajstić information content (AvgIpc) is 3.02. The summed E-state index contributed by atoms with van der Waals surface area (Å²) in [6.07, 6.45) is 0. The number of carbonyl (C=O) groups excluding carboxylic acids is 1. The minimum Gasteiger partial charge on any atom is -0.454 e. The maximum absolute atomic E-state index is 12.7. The Morgan fingerprint density at radius 3 is 2.74 bits per heavy atom. The van der Waals surface area contributed by atoms with Crippen LogP contribution in [-0.4, -0.2) is 12.7 Å². The summed E-state index contributed by atoms with van der Waals surface area (Å²) in [4.78, 5) is 12.7. The third-order valence-electron chi connectivity index (χ3n) is 3.91. The van der Waals surface area contributed by atoms with Gasteiger partial charge in [-0.25, -0.2) is 0 Å². The highest BCUT2D eigenvalue weighted by atomic mass is 16.7. The zero-order valence-corrected chi connectivity index (χ0v) is 12.9. The molecule has 1 aliphatic heterocycles. The van der Waals surface area contributed by atoms with Crippen molar-refractivity contribution in [1.29, 1.82) is 5.26 Å². The normalized spacial score (nSPS) is 12.6. The minimum atomic E-state index is -0.760. The molecule has 1 heterocycles. The number of benzene rings is 2. The van der Waals surface area contributed by atoms with E-state index in [4.69, 9.17) is 14.7 Å². The summed E-state index contributed by atoms with van der Waals surface area (Å²) < 4.78 is 10.7. The summed E-state index contributed by atoms with van der Waals surface area (Å²) in [5.41, 5.74) is 1.17. The Balaban J connectivity index is 1.84. The molecule has 0 saturated carbocycles. The van der Waals surface area contributed by atoms with E-state index < -0.39 is 5.41 Å². The van der Waals surface area contributed by atoms with Crippen LogP contribution in [0.3, 0.4) is 0 Å². The Kier molecular flexibility index (Phi) is 3.67. The molecule has 0 fully saturated rings. The third-order valence-corrected chi connectivity index (χ3v) is 3.91. The van der Waals surface area contributed by atoms with Gasteiger partial charge in [0.2, 0.25) is 12.7 Å². The van der Waals surface area contributed by atoms with Gasteiger partial charge in [-0.2, -0.15) is 5.26 Å². The first-order chi connectivity index (χ1) is 11.0. The van der Waals surface area contributed by atoms with Gasteiger partial charge >= 0.3 is 0 Å². The largest absolute Gasteiger partial charge is 0.454 e. The van der Waals surface area contributed by atoms with E-state index in [0.29, 0.717) is 22.7 Å². The lowest BCUT2D eigenvalue weighted by molar-refractivity contribution is -0.120. The van der Waals surface area contributed by atoms with Crippen LogP contribution in [0.15, 0.2) is 42.5 Å². The van der Waals surface area contributed by atoms with Crippen LogP contribution in [0, 0.1) is 11.3 Å². The molecule has 0 unspecified atom stereocenters. The minimum absolute atomic E-state index is 0.161. The molecule has 1 aliphatic rings. The number of fused-ring (bicyclic) bond motifs is 1. The standard InChI is InChI=1S/C18H16N2O3/c1-18(2,13-6-7-15-16(9-13)23-11-22-15)17(21)20-14-5-3-4-12(8-14)10-19/h3-9H,11H2,1-2H3,(H,20,21). The highest BCUT2D eigenvalue weighted by Gasteiger charge is 2.31. The van der Waals surface area contributed by atoms with Crippen LogP contribution < -0.4 is 14.8 Å². The molecule has 23 heavy (non-hydrogen) atoms. The van der Waals surface area contributed by atoms with Crippen molar-refractivity contribution in [2.75, 3.05) is 12.1 Å². The fourth-order valence-corrected chi connectivity index (χ4v) is 2.37. The van der Waals surface area contributed by atoms with Gasteiger partial charge in [-0.15, -0.1) is 0 Å². The zero-order valence-electron chi connectivity index (χ0n) is 12.9. The van der Waals surface area contributed by atoms with Crippen LogP contribution in [0.5, 0.6) is 11.5 Å². The molecule has 5 nitrogen and oxygen atoms in total. The molecule has 0 saturated heterocycles. The Morgan fingerprint density at radius 2 is 1.96 bits per heavy atom. The predicted molar refractivity (Wildman–Crippen MR) is 85.4 cm³/mol. The zero-order chi connectivity index (χ0) is 16.4. The van der Waals surface area contributed by atoms with Crippen molar-refractivity contribution >= 4 is 11.6 Å². The smallest absolute Gasteiger partial charge is 0.234 e. The topological polar surface area (TPSA) is 71.4 Å². The monoisotopic (exact) mass is 308 g/mol. The van der Waals surface area contributed by atoms with Crippen molar-refractivity contribution in [3.05, 3.63) is 53.6 Å². The van der Waals surface area contributed by atoms with Gasteiger partial charge in [-0.05, 0) is 49.7 Å². The van der Waals surface area contributed by atoms with Crippen molar-refractivity contribution in [2.45, 2.75) is 19.3 Å². The van der Waals surface area contributed by atoms with Gasteiger partial charge < -0.3 is 14.8 Å². The average molecular weight is 308 g/mol. The van der Waals surface area contributed by atoms with E-state index in [9.17, 15) is 4.79 Å². The Hall–Kier alpha value is -3.00. The molecular formula is C18H16N2O3. The number of rotatable bonds is 3. The van der Waals surface area contributed by atoms with Crippen LogP contribution in [0.2, 0.25) is 0 Å². The number of carbonyl (C=O) groups is 1. The SMILES string of the molecule is CC(C)(C(=O)Nc1cccc(C#N)c1)c1ccc2c(c1)OCO2. The van der Waals surface area contributed by atoms with Crippen molar-refractivity contribution in [3.8, 4) is 17.6 Å². The van der Waals surface area contributed by atoms with Gasteiger partial charge in [-0.3, -0.25) is 4.79 Å². The van der Waals surface area contributed by atoms with Crippen LogP contribution in [0.1, 0.15) is 25.0 Å². The van der Waals surface area contributed by atoms with Crippen LogP contribution in [-0.2, 0) is 10.2 Å². The summed E-state index contributed by atoms with van der Waals surface area (Å²) in [6.45, 7) is 3.88. The molecule has 0 radical (unpaired) electrons. The molecule has 0 spiro atoms. The fraction of sp³-hybridized carbons (Fsp3) is 0.222. The second kappa shape index (κ2) is 5.65. The molecule has 1 amide bonds. The van der Waals surface area contributed by atoms with Crippen molar-refractivity contribution < 1.29 is 14.3 Å². The number of anilines is 1. The van der Waals surface area contributed by atoms with Crippen LogP contribution >= 0.6 is 0 Å². The van der Waals surface area contributed by atoms with Gasteiger partial charge in [0, 0.05) is 5.69 Å². The molecule has 0 bridgehead atoms. The molecule has 2 aromatic rings. The third kappa shape index (κ3) is 2.84. The van der Waals surface area contributed by atoms with Gasteiger partial charge in [-0.1, -0.05) is 12.1 Å². The molecular weight excluding hydrogens is 292 g/mol. The van der Waals surface area contributed by atoms with Crippen LogP contribution in [0.25, 0.3) is 0 Å². The van der Waals surface area contributed by atoms with E-state index >= 15 is 0 Å². The summed E-state index contributed by atoms with van der Waals surface area (Å²) in [6, 6.07) is 14.4. The number of nitriles is 1.